The number of anilines is 6. The number of hydrogen-bond acceptors (Lipinski definition) is 4. The fourth-order valence-electron chi connectivity index (χ4n) is 8.57. The van der Waals surface area contributed by atoms with Crippen LogP contribution in [-0.4, -0.2) is 9.97 Å². The van der Waals surface area contributed by atoms with Crippen molar-refractivity contribution in [1.29, 1.82) is 0 Å². The summed E-state index contributed by atoms with van der Waals surface area (Å²) in [5, 5.41) is 8.07. The molecule has 0 radical (unpaired) electrons. The Labute approximate surface area is 300 Å². The lowest BCUT2D eigenvalue weighted by atomic mass is 9.70. The molecular formula is C47H42N4. The molecule has 9 rings (SSSR count). The number of aromatic nitrogens is 2. The molecule has 0 saturated heterocycles. The summed E-state index contributed by atoms with van der Waals surface area (Å²) in [5.74, 6) is 0. The maximum Gasteiger partial charge on any atom is 0.0543 e. The normalized spacial score (nSPS) is 13.7. The van der Waals surface area contributed by atoms with Gasteiger partial charge in [0, 0.05) is 63.7 Å². The van der Waals surface area contributed by atoms with Gasteiger partial charge in [0.25, 0.3) is 0 Å². The van der Waals surface area contributed by atoms with Crippen LogP contribution in [0.2, 0.25) is 0 Å². The SMILES string of the molecule is CCc1cc(N(c2ccncc2)c2cccc(C)c2)c2cc3c4c(cc(N(c5ccncc5)c5cccc(C)c5)c5ccc1c2c54)CCC3(C)C. The maximum atomic E-state index is 4.41. The highest BCUT2D eigenvalue weighted by atomic mass is 15.2. The van der Waals surface area contributed by atoms with E-state index in [9.17, 15) is 0 Å². The molecule has 0 bridgehead atoms. The molecule has 0 aliphatic heterocycles. The number of aryl methyl sites for hydroxylation is 4. The number of hydrogen-bond donors (Lipinski definition) is 0. The molecule has 4 nitrogen and oxygen atoms in total. The Morgan fingerprint density at radius 1 is 0.569 bits per heavy atom. The first-order chi connectivity index (χ1) is 24.8. The van der Waals surface area contributed by atoms with Crippen molar-refractivity contribution in [2.24, 2.45) is 0 Å². The van der Waals surface area contributed by atoms with Crippen LogP contribution in [0.4, 0.5) is 34.1 Å². The number of pyridine rings is 2. The maximum absolute atomic E-state index is 4.41. The molecule has 0 saturated carbocycles. The molecule has 0 amide bonds. The lowest BCUT2D eigenvalue weighted by Crippen LogP contribution is -2.24. The van der Waals surface area contributed by atoms with E-state index in [-0.39, 0.29) is 5.41 Å². The van der Waals surface area contributed by atoms with Crippen LogP contribution in [-0.2, 0) is 18.3 Å². The topological polar surface area (TPSA) is 32.3 Å². The zero-order valence-electron chi connectivity index (χ0n) is 30.0. The molecule has 0 unspecified atom stereocenters. The zero-order valence-corrected chi connectivity index (χ0v) is 30.0. The van der Waals surface area contributed by atoms with E-state index in [2.05, 4.69) is 158 Å². The molecule has 1 aliphatic carbocycles. The molecule has 0 atom stereocenters. The van der Waals surface area contributed by atoms with Gasteiger partial charge in [0.2, 0.25) is 0 Å². The van der Waals surface area contributed by atoms with Gasteiger partial charge in [-0.3, -0.25) is 9.97 Å². The van der Waals surface area contributed by atoms with Crippen molar-refractivity contribution >= 4 is 66.4 Å². The Kier molecular flexibility index (Phi) is 7.32. The van der Waals surface area contributed by atoms with Crippen LogP contribution >= 0.6 is 0 Å². The number of nitrogens with zero attached hydrogens (tertiary/aromatic N) is 4. The summed E-state index contributed by atoms with van der Waals surface area (Å²) < 4.78 is 0. The van der Waals surface area contributed by atoms with Crippen molar-refractivity contribution in [2.45, 2.75) is 59.3 Å². The standard InChI is InChI=1S/C47H42N4/c1-6-32-27-43(51(35-18-23-49-24-19-35)37-12-8-10-31(3)26-37)40-29-41-44-33(15-20-47(41,4)5)28-42(39-14-13-38(32)45(40)46(39)44)50(34-16-21-48-22-17-34)36-11-7-9-30(2)25-36/h7-14,16-19,21-29H,6,15,20H2,1-5H3. The molecule has 2 heterocycles. The molecule has 1 aliphatic rings. The highest BCUT2D eigenvalue weighted by Crippen LogP contribution is 2.53. The van der Waals surface area contributed by atoms with Crippen molar-refractivity contribution in [1.82, 2.24) is 9.97 Å². The van der Waals surface area contributed by atoms with Crippen molar-refractivity contribution in [2.75, 3.05) is 9.80 Å². The zero-order chi connectivity index (χ0) is 34.9. The Bertz CT molecular complexity index is 2570. The van der Waals surface area contributed by atoms with E-state index in [0.29, 0.717) is 0 Å². The number of rotatable bonds is 7. The van der Waals surface area contributed by atoms with Gasteiger partial charge in [-0.15, -0.1) is 0 Å². The summed E-state index contributed by atoms with van der Waals surface area (Å²) in [6.07, 6.45) is 10.7. The van der Waals surface area contributed by atoms with E-state index in [4.69, 9.17) is 0 Å². The van der Waals surface area contributed by atoms with Crippen LogP contribution in [0.25, 0.3) is 32.3 Å². The van der Waals surface area contributed by atoms with Gasteiger partial charge in [-0.05, 0) is 149 Å². The lowest BCUT2D eigenvalue weighted by Gasteiger charge is -2.37. The van der Waals surface area contributed by atoms with Gasteiger partial charge >= 0.3 is 0 Å². The third kappa shape index (κ3) is 5.04. The molecule has 6 aromatic carbocycles. The summed E-state index contributed by atoms with van der Waals surface area (Å²) in [7, 11) is 0. The van der Waals surface area contributed by atoms with Gasteiger partial charge in [0.15, 0.2) is 0 Å². The Morgan fingerprint density at radius 3 is 1.71 bits per heavy atom. The summed E-state index contributed by atoms with van der Waals surface area (Å²) >= 11 is 0. The molecule has 0 N–H and O–H groups in total. The van der Waals surface area contributed by atoms with E-state index in [1.54, 1.807) is 0 Å². The smallest absolute Gasteiger partial charge is 0.0543 e. The molecule has 4 heteroatoms. The van der Waals surface area contributed by atoms with E-state index < -0.39 is 0 Å². The van der Waals surface area contributed by atoms with Gasteiger partial charge < -0.3 is 9.80 Å². The van der Waals surface area contributed by atoms with Crippen LogP contribution in [0.5, 0.6) is 0 Å². The first-order valence-corrected chi connectivity index (χ1v) is 18.2. The van der Waals surface area contributed by atoms with Gasteiger partial charge in [-0.2, -0.15) is 0 Å². The highest BCUT2D eigenvalue weighted by Gasteiger charge is 2.33. The third-order valence-corrected chi connectivity index (χ3v) is 11.1. The molecule has 51 heavy (non-hydrogen) atoms. The van der Waals surface area contributed by atoms with Crippen LogP contribution in [0.3, 0.4) is 0 Å². The van der Waals surface area contributed by atoms with E-state index in [1.165, 1.54) is 71.5 Å². The van der Waals surface area contributed by atoms with Crippen LogP contribution in [0.1, 0.15) is 55.0 Å². The first-order valence-electron chi connectivity index (χ1n) is 18.2. The average molecular weight is 663 g/mol. The number of benzene rings is 6. The second-order valence-corrected chi connectivity index (χ2v) is 14.9. The predicted molar refractivity (Wildman–Crippen MR) is 215 cm³/mol. The summed E-state index contributed by atoms with van der Waals surface area (Å²) in [6, 6.07) is 38.5. The minimum Gasteiger partial charge on any atom is -0.310 e. The molecule has 8 aromatic rings. The van der Waals surface area contributed by atoms with Crippen molar-refractivity contribution in [3.8, 4) is 0 Å². The van der Waals surface area contributed by atoms with Crippen molar-refractivity contribution < 1.29 is 0 Å². The van der Waals surface area contributed by atoms with E-state index in [0.717, 1.165) is 42.0 Å². The second-order valence-electron chi connectivity index (χ2n) is 14.9. The molecular weight excluding hydrogens is 621 g/mol. The molecule has 250 valence electrons. The fourth-order valence-corrected chi connectivity index (χ4v) is 8.57. The Balaban J connectivity index is 1.45. The summed E-state index contributed by atoms with van der Waals surface area (Å²) in [5.41, 5.74) is 13.6. The summed E-state index contributed by atoms with van der Waals surface area (Å²) in [4.78, 5) is 13.7. The monoisotopic (exact) mass is 662 g/mol. The summed E-state index contributed by atoms with van der Waals surface area (Å²) in [6.45, 7) is 11.5. The fraction of sp³-hybridized carbons (Fsp3) is 0.191. The van der Waals surface area contributed by atoms with Gasteiger partial charge in [-0.25, -0.2) is 0 Å². The highest BCUT2D eigenvalue weighted by molar-refractivity contribution is 6.30. The Hall–Kier alpha value is -5.74. The van der Waals surface area contributed by atoms with Crippen molar-refractivity contribution in [3.05, 3.63) is 156 Å². The van der Waals surface area contributed by atoms with Gasteiger partial charge in [0.1, 0.15) is 0 Å². The van der Waals surface area contributed by atoms with Crippen LogP contribution in [0, 0.1) is 13.8 Å². The third-order valence-electron chi connectivity index (χ3n) is 11.1. The van der Waals surface area contributed by atoms with Crippen LogP contribution < -0.4 is 9.80 Å². The second kappa shape index (κ2) is 11.9. The minimum atomic E-state index is 0.0220. The molecule has 0 fully saturated rings. The van der Waals surface area contributed by atoms with Gasteiger partial charge in [-0.1, -0.05) is 57.2 Å². The quantitative estimate of drug-likeness (QED) is 0.159. The van der Waals surface area contributed by atoms with Gasteiger partial charge in [0.05, 0.1) is 11.4 Å². The van der Waals surface area contributed by atoms with E-state index in [1.807, 2.05) is 24.8 Å². The molecule has 2 aromatic heterocycles. The predicted octanol–water partition coefficient (Wildman–Crippen LogP) is 12.7. The van der Waals surface area contributed by atoms with Crippen molar-refractivity contribution in [3.63, 3.8) is 0 Å². The van der Waals surface area contributed by atoms with E-state index >= 15 is 0 Å². The Morgan fingerprint density at radius 2 is 1.14 bits per heavy atom. The average Bonchev–Trinajstić information content (AvgIpc) is 3.14. The first kappa shape index (κ1) is 31.3. The van der Waals surface area contributed by atoms with Crippen LogP contribution in [0.15, 0.2) is 128 Å². The molecule has 0 spiro atoms. The minimum absolute atomic E-state index is 0.0220. The lowest BCUT2D eigenvalue weighted by molar-refractivity contribution is 0.475. The largest absolute Gasteiger partial charge is 0.310 e.